The van der Waals surface area contributed by atoms with Crippen LogP contribution in [0.4, 0.5) is 0 Å². The van der Waals surface area contributed by atoms with E-state index in [9.17, 15) is 0 Å². The van der Waals surface area contributed by atoms with Crippen LogP contribution in [-0.4, -0.2) is 16.6 Å². The molecule has 0 aliphatic carbocycles. The summed E-state index contributed by atoms with van der Waals surface area (Å²) in [6, 6.07) is 19.2. The SMILES string of the molecule is C[Si](C)(C)O[Si](C)(C)c1cccc(/C=C/c2ccccc2)c1. The van der Waals surface area contributed by atoms with Crippen molar-refractivity contribution < 1.29 is 4.12 Å². The van der Waals surface area contributed by atoms with E-state index in [2.05, 4.69) is 93.4 Å². The van der Waals surface area contributed by atoms with Gasteiger partial charge in [-0.3, -0.25) is 0 Å². The van der Waals surface area contributed by atoms with E-state index in [0.29, 0.717) is 0 Å². The summed E-state index contributed by atoms with van der Waals surface area (Å²) >= 11 is 0. The van der Waals surface area contributed by atoms with Gasteiger partial charge in [-0.15, -0.1) is 0 Å². The molecule has 0 saturated heterocycles. The second kappa shape index (κ2) is 6.77. The van der Waals surface area contributed by atoms with Crippen molar-refractivity contribution in [2.45, 2.75) is 32.7 Å². The van der Waals surface area contributed by atoms with Crippen LogP contribution in [0.2, 0.25) is 32.7 Å². The summed E-state index contributed by atoms with van der Waals surface area (Å²) in [6.07, 6.45) is 4.34. The molecule has 0 amide bonds. The van der Waals surface area contributed by atoms with Crippen molar-refractivity contribution in [2.24, 2.45) is 0 Å². The molecule has 1 nitrogen and oxygen atoms in total. The molecule has 22 heavy (non-hydrogen) atoms. The van der Waals surface area contributed by atoms with Crippen LogP contribution in [0.25, 0.3) is 12.2 Å². The highest BCUT2D eigenvalue weighted by molar-refractivity contribution is 6.92. The molecule has 0 aliphatic heterocycles. The molecule has 0 bridgehead atoms. The molecule has 116 valence electrons. The van der Waals surface area contributed by atoms with Crippen molar-refractivity contribution in [3.05, 3.63) is 65.7 Å². The summed E-state index contributed by atoms with van der Waals surface area (Å²) in [5.74, 6) is 0. The standard InChI is InChI=1S/C19H26OSi2/c1-21(2,3)20-22(4,5)19-13-9-12-18(16-19)15-14-17-10-7-6-8-11-17/h6-16H,1-5H3/b15-14+. The third-order valence-electron chi connectivity index (χ3n) is 3.41. The first kappa shape index (κ1) is 16.9. The van der Waals surface area contributed by atoms with Gasteiger partial charge in [0.2, 0.25) is 8.32 Å². The molecule has 0 fully saturated rings. The van der Waals surface area contributed by atoms with Gasteiger partial charge in [-0.2, -0.15) is 0 Å². The first-order valence-corrected chi connectivity index (χ1v) is 14.1. The number of benzene rings is 2. The maximum atomic E-state index is 6.48. The highest BCUT2D eigenvalue weighted by atomic mass is 28.4. The minimum Gasteiger partial charge on any atom is -0.452 e. The summed E-state index contributed by atoms with van der Waals surface area (Å²) in [5, 5.41) is 1.37. The highest BCUT2D eigenvalue weighted by Crippen LogP contribution is 2.15. The van der Waals surface area contributed by atoms with Gasteiger partial charge in [-0.1, -0.05) is 66.7 Å². The van der Waals surface area contributed by atoms with Crippen LogP contribution in [-0.2, 0) is 4.12 Å². The van der Waals surface area contributed by atoms with Gasteiger partial charge in [-0.05, 0) is 49.0 Å². The molecule has 2 aromatic carbocycles. The lowest BCUT2D eigenvalue weighted by Gasteiger charge is -2.32. The maximum absolute atomic E-state index is 6.48. The molecule has 0 N–H and O–H groups in total. The Kier molecular flexibility index (Phi) is 5.21. The van der Waals surface area contributed by atoms with E-state index in [0.717, 1.165) is 0 Å². The minimum absolute atomic E-state index is 1.22. The Morgan fingerprint density at radius 1 is 0.727 bits per heavy atom. The molecule has 2 aromatic rings. The molecule has 0 aromatic heterocycles. The van der Waals surface area contributed by atoms with E-state index in [1.807, 2.05) is 6.07 Å². The number of hydrogen-bond acceptors (Lipinski definition) is 1. The van der Waals surface area contributed by atoms with Gasteiger partial charge in [0.1, 0.15) is 0 Å². The Bertz CT molecular complexity index is 640. The fraction of sp³-hybridized carbons (Fsp3) is 0.263. The highest BCUT2D eigenvalue weighted by Gasteiger charge is 2.31. The lowest BCUT2D eigenvalue weighted by Crippen LogP contribution is -2.51. The molecule has 0 heterocycles. The quantitative estimate of drug-likeness (QED) is 0.547. The van der Waals surface area contributed by atoms with Crippen LogP contribution < -0.4 is 5.19 Å². The van der Waals surface area contributed by atoms with Gasteiger partial charge in [-0.25, -0.2) is 0 Å². The Morgan fingerprint density at radius 2 is 1.32 bits per heavy atom. The first-order chi connectivity index (χ1) is 10.3. The zero-order valence-electron chi connectivity index (χ0n) is 14.3. The van der Waals surface area contributed by atoms with Crippen molar-refractivity contribution in [2.75, 3.05) is 0 Å². The van der Waals surface area contributed by atoms with Crippen LogP contribution >= 0.6 is 0 Å². The molecule has 0 saturated carbocycles. The van der Waals surface area contributed by atoms with Crippen molar-refractivity contribution >= 4 is 34.0 Å². The molecule has 3 heteroatoms. The summed E-state index contributed by atoms with van der Waals surface area (Å²) in [5.41, 5.74) is 2.46. The fourth-order valence-electron chi connectivity index (χ4n) is 2.60. The lowest BCUT2D eigenvalue weighted by molar-refractivity contribution is 0.566. The summed E-state index contributed by atoms with van der Waals surface area (Å²) < 4.78 is 6.48. The van der Waals surface area contributed by atoms with Gasteiger partial charge < -0.3 is 4.12 Å². The molecular weight excluding hydrogens is 300 g/mol. The van der Waals surface area contributed by atoms with Crippen LogP contribution in [0.3, 0.4) is 0 Å². The second-order valence-corrected chi connectivity index (χ2v) is 15.7. The number of hydrogen-bond donors (Lipinski definition) is 0. The lowest BCUT2D eigenvalue weighted by atomic mass is 10.1. The predicted molar refractivity (Wildman–Crippen MR) is 103 cm³/mol. The average Bonchev–Trinajstić information content (AvgIpc) is 2.44. The molecular formula is C19H26OSi2. The molecule has 0 spiro atoms. The van der Waals surface area contributed by atoms with Gasteiger partial charge >= 0.3 is 0 Å². The Labute approximate surface area is 136 Å². The van der Waals surface area contributed by atoms with E-state index in [4.69, 9.17) is 4.12 Å². The molecule has 0 atom stereocenters. The second-order valence-electron chi connectivity index (χ2n) is 7.09. The molecule has 0 radical (unpaired) electrons. The monoisotopic (exact) mass is 326 g/mol. The molecule has 2 rings (SSSR count). The smallest absolute Gasteiger partial charge is 0.205 e. The van der Waals surface area contributed by atoms with Gasteiger partial charge in [0.15, 0.2) is 8.32 Å². The van der Waals surface area contributed by atoms with Gasteiger partial charge in [0.25, 0.3) is 0 Å². The van der Waals surface area contributed by atoms with Crippen molar-refractivity contribution in [3.8, 4) is 0 Å². The topological polar surface area (TPSA) is 9.23 Å². The van der Waals surface area contributed by atoms with Crippen LogP contribution in [0, 0.1) is 0 Å². The normalized spacial score (nSPS) is 12.8. The van der Waals surface area contributed by atoms with Crippen molar-refractivity contribution in [3.63, 3.8) is 0 Å². The first-order valence-electron chi connectivity index (χ1n) is 7.80. The van der Waals surface area contributed by atoms with E-state index in [-0.39, 0.29) is 0 Å². The van der Waals surface area contributed by atoms with E-state index in [1.54, 1.807) is 0 Å². The van der Waals surface area contributed by atoms with Crippen LogP contribution in [0.15, 0.2) is 54.6 Å². The van der Waals surface area contributed by atoms with Crippen molar-refractivity contribution in [1.29, 1.82) is 0 Å². The Morgan fingerprint density at radius 3 is 1.95 bits per heavy atom. The fourth-order valence-corrected chi connectivity index (χ4v) is 10.2. The third-order valence-corrected chi connectivity index (χ3v) is 9.60. The average molecular weight is 327 g/mol. The Balaban J connectivity index is 2.21. The predicted octanol–water partition coefficient (Wildman–Crippen LogP) is 5.12. The largest absolute Gasteiger partial charge is 0.452 e. The third kappa shape index (κ3) is 5.09. The zero-order chi connectivity index (χ0) is 16.2. The van der Waals surface area contributed by atoms with E-state index < -0.39 is 16.6 Å². The minimum atomic E-state index is -1.83. The number of rotatable bonds is 5. The molecule has 0 unspecified atom stereocenters. The van der Waals surface area contributed by atoms with E-state index >= 15 is 0 Å². The summed E-state index contributed by atoms with van der Waals surface area (Å²) in [7, 11) is -3.35. The Hall–Kier alpha value is -1.43. The van der Waals surface area contributed by atoms with E-state index in [1.165, 1.54) is 16.3 Å². The van der Waals surface area contributed by atoms with Gasteiger partial charge in [0.05, 0.1) is 0 Å². The zero-order valence-corrected chi connectivity index (χ0v) is 16.3. The molecule has 0 aliphatic rings. The van der Waals surface area contributed by atoms with Crippen LogP contribution in [0.1, 0.15) is 11.1 Å². The van der Waals surface area contributed by atoms with Crippen molar-refractivity contribution in [1.82, 2.24) is 0 Å². The van der Waals surface area contributed by atoms with Crippen LogP contribution in [0.5, 0.6) is 0 Å². The summed E-state index contributed by atoms with van der Waals surface area (Å²) in [4.78, 5) is 0. The van der Waals surface area contributed by atoms with Gasteiger partial charge in [0, 0.05) is 0 Å². The maximum Gasteiger partial charge on any atom is 0.205 e. The summed E-state index contributed by atoms with van der Waals surface area (Å²) in [6.45, 7) is 11.4.